The number of hydrogen-bond donors (Lipinski definition) is 1. The molecular formula is C15H11ClN2. The first-order chi connectivity index (χ1) is 8.81. The molecule has 88 valence electrons. The number of para-hydroxylation sites is 2. The summed E-state index contributed by atoms with van der Waals surface area (Å²) in [6, 6.07) is 15.7. The van der Waals surface area contributed by atoms with Gasteiger partial charge in [-0.25, -0.2) is 4.98 Å². The van der Waals surface area contributed by atoms with E-state index >= 15 is 0 Å². The topological polar surface area (TPSA) is 28.7 Å². The summed E-state index contributed by atoms with van der Waals surface area (Å²) in [4.78, 5) is 7.72. The van der Waals surface area contributed by atoms with Gasteiger partial charge in [-0.1, -0.05) is 41.9 Å². The van der Waals surface area contributed by atoms with Crippen molar-refractivity contribution in [3.63, 3.8) is 0 Å². The van der Waals surface area contributed by atoms with Crippen LogP contribution in [0.4, 0.5) is 0 Å². The van der Waals surface area contributed by atoms with E-state index in [0.717, 1.165) is 27.4 Å². The van der Waals surface area contributed by atoms with Crippen molar-refractivity contribution < 1.29 is 0 Å². The quantitative estimate of drug-likeness (QED) is 0.722. The zero-order chi connectivity index (χ0) is 12.4. The second-order valence-electron chi connectivity index (χ2n) is 4.03. The lowest BCUT2D eigenvalue weighted by Crippen LogP contribution is -1.75. The van der Waals surface area contributed by atoms with E-state index in [0.29, 0.717) is 0 Å². The molecule has 1 aromatic heterocycles. The lowest BCUT2D eigenvalue weighted by Gasteiger charge is -1.92. The SMILES string of the molecule is Clc1cccc(C=Cc2nc3ccccc3[nH]2)c1. The maximum atomic E-state index is 5.93. The van der Waals surface area contributed by atoms with Crippen LogP contribution in [-0.4, -0.2) is 9.97 Å². The number of halogens is 1. The van der Waals surface area contributed by atoms with E-state index in [1.165, 1.54) is 0 Å². The third-order valence-corrected chi connectivity index (χ3v) is 2.93. The fourth-order valence-electron chi connectivity index (χ4n) is 1.84. The predicted octanol–water partition coefficient (Wildman–Crippen LogP) is 4.39. The van der Waals surface area contributed by atoms with E-state index in [1.807, 2.05) is 60.7 Å². The average molecular weight is 255 g/mol. The van der Waals surface area contributed by atoms with Gasteiger partial charge in [0.2, 0.25) is 0 Å². The standard InChI is InChI=1S/C15H11ClN2/c16-12-5-3-4-11(10-12)8-9-15-17-13-6-1-2-7-14(13)18-15/h1-10H,(H,17,18). The number of nitrogens with zero attached hydrogens (tertiary/aromatic N) is 1. The molecule has 0 aliphatic heterocycles. The zero-order valence-electron chi connectivity index (χ0n) is 9.60. The van der Waals surface area contributed by atoms with E-state index in [9.17, 15) is 0 Å². The maximum absolute atomic E-state index is 5.93. The molecule has 0 aliphatic rings. The minimum atomic E-state index is 0.738. The van der Waals surface area contributed by atoms with Gasteiger partial charge in [-0.3, -0.25) is 0 Å². The Bertz CT molecular complexity index is 680. The fourth-order valence-corrected chi connectivity index (χ4v) is 2.04. The number of H-pyrrole nitrogens is 1. The lowest BCUT2D eigenvalue weighted by molar-refractivity contribution is 1.29. The lowest BCUT2D eigenvalue weighted by atomic mass is 10.2. The van der Waals surface area contributed by atoms with Crippen molar-refractivity contribution in [1.29, 1.82) is 0 Å². The molecule has 0 aliphatic carbocycles. The number of aromatic nitrogens is 2. The number of aromatic amines is 1. The van der Waals surface area contributed by atoms with Gasteiger partial charge in [0.15, 0.2) is 0 Å². The van der Waals surface area contributed by atoms with Gasteiger partial charge in [-0.2, -0.15) is 0 Å². The van der Waals surface area contributed by atoms with Crippen LogP contribution in [0, 0.1) is 0 Å². The molecule has 0 radical (unpaired) electrons. The third kappa shape index (κ3) is 2.29. The molecule has 0 bridgehead atoms. The van der Waals surface area contributed by atoms with Gasteiger partial charge in [0.1, 0.15) is 5.82 Å². The Balaban J connectivity index is 1.92. The summed E-state index contributed by atoms with van der Waals surface area (Å²) in [5, 5.41) is 0.738. The highest BCUT2D eigenvalue weighted by Gasteiger charge is 1.97. The molecule has 1 heterocycles. The monoisotopic (exact) mass is 254 g/mol. The highest BCUT2D eigenvalue weighted by atomic mass is 35.5. The van der Waals surface area contributed by atoms with Crippen LogP contribution in [-0.2, 0) is 0 Å². The van der Waals surface area contributed by atoms with Crippen LogP contribution < -0.4 is 0 Å². The molecule has 3 rings (SSSR count). The molecule has 2 aromatic carbocycles. The van der Waals surface area contributed by atoms with Gasteiger partial charge in [-0.15, -0.1) is 0 Å². The van der Waals surface area contributed by atoms with E-state index in [4.69, 9.17) is 11.6 Å². The fraction of sp³-hybridized carbons (Fsp3) is 0. The number of nitrogens with one attached hydrogen (secondary N) is 1. The molecule has 0 amide bonds. The normalized spacial score (nSPS) is 11.4. The molecule has 0 unspecified atom stereocenters. The number of rotatable bonds is 2. The number of benzene rings is 2. The predicted molar refractivity (Wildman–Crippen MR) is 76.5 cm³/mol. The molecule has 0 saturated carbocycles. The van der Waals surface area contributed by atoms with Crippen LogP contribution in [0.3, 0.4) is 0 Å². The highest BCUT2D eigenvalue weighted by Crippen LogP contribution is 2.15. The number of fused-ring (bicyclic) bond motifs is 1. The molecule has 2 nitrogen and oxygen atoms in total. The smallest absolute Gasteiger partial charge is 0.131 e. The summed E-state index contributed by atoms with van der Waals surface area (Å²) < 4.78 is 0. The van der Waals surface area contributed by atoms with E-state index in [2.05, 4.69) is 9.97 Å². The van der Waals surface area contributed by atoms with Gasteiger partial charge < -0.3 is 4.98 Å². The molecular weight excluding hydrogens is 244 g/mol. The average Bonchev–Trinajstić information content (AvgIpc) is 2.79. The van der Waals surface area contributed by atoms with Gasteiger partial charge in [0, 0.05) is 5.02 Å². The van der Waals surface area contributed by atoms with Gasteiger partial charge >= 0.3 is 0 Å². The Morgan fingerprint density at radius 2 is 1.89 bits per heavy atom. The number of hydrogen-bond acceptors (Lipinski definition) is 1. The second kappa shape index (κ2) is 4.67. The Hall–Kier alpha value is -2.06. The van der Waals surface area contributed by atoms with Crippen molar-refractivity contribution in [1.82, 2.24) is 9.97 Å². The van der Waals surface area contributed by atoms with Crippen LogP contribution >= 0.6 is 11.6 Å². The molecule has 0 spiro atoms. The molecule has 18 heavy (non-hydrogen) atoms. The Kier molecular flexibility index (Phi) is 2.87. The number of imidazole rings is 1. The summed E-state index contributed by atoms with van der Waals surface area (Å²) in [6.45, 7) is 0. The summed E-state index contributed by atoms with van der Waals surface area (Å²) in [7, 11) is 0. The minimum absolute atomic E-state index is 0.738. The molecule has 0 fully saturated rings. The van der Waals surface area contributed by atoms with E-state index < -0.39 is 0 Å². The van der Waals surface area contributed by atoms with E-state index in [-0.39, 0.29) is 0 Å². The van der Waals surface area contributed by atoms with Gasteiger partial charge in [0.25, 0.3) is 0 Å². The molecule has 0 atom stereocenters. The van der Waals surface area contributed by atoms with Crippen LogP contribution in [0.25, 0.3) is 23.2 Å². The highest BCUT2D eigenvalue weighted by molar-refractivity contribution is 6.30. The third-order valence-electron chi connectivity index (χ3n) is 2.69. The van der Waals surface area contributed by atoms with Crippen molar-refractivity contribution in [2.75, 3.05) is 0 Å². The van der Waals surface area contributed by atoms with Crippen LogP contribution in [0.2, 0.25) is 5.02 Å². The Labute approximate surface area is 110 Å². The van der Waals surface area contributed by atoms with Crippen molar-refractivity contribution in [2.24, 2.45) is 0 Å². The molecule has 3 heteroatoms. The van der Waals surface area contributed by atoms with Crippen molar-refractivity contribution >= 4 is 34.8 Å². The largest absolute Gasteiger partial charge is 0.338 e. The van der Waals surface area contributed by atoms with Crippen molar-refractivity contribution in [3.8, 4) is 0 Å². The zero-order valence-corrected chi connectivity index (χ0v) is 10.4. The molecule has 1 N–H and O–H groups in total. The van der Waals surface area contributed by atoms with E-state index in [1.54, 1.807) is 0 Å². The minimum Gasteiger partial charge on any atom is -0.338 e. The summed E-state index contributed by atoms with van der Waals surface area (Å²) in [5.74, 6) is 0.844. The Morgan fingerprint density at radius 1 is 1.00 bits per heavy atom. The van der Waals surface area contributed by atoms with Crippen LogP contribution in [0.5, 0.6) is 0 Å². The van der Waals surface area contributed by atoms with Crippen molar-refractivity contribution in [3.05, 3.63) is 64.9 Å². The summed E-state index contributed by atoms with van der Waals surface area (Å²) >= 11 is 5.93. The first-order valence-corrected chi connectivity index (χ1v) is 6.07. The maximum Gasteiger partial charge on any atom is 0.131 e. The van der Waals surface area contributed by atoms with Crippen LogP contribution in [0.1, 0.15) is 11.4 Å². The molecule has 0 saturated heterocycles. The summed E-state index contributed by atoms with van der Waals surface area (Å²) in [6.07, 6.45) is 3.94. The second-order valence-corrected chi connectivity index (χ2v) is 4.46. The first-order valence-electron chi connectivity index (χ1n) is 5.70. The van der Waals surface area contributed by atoms with Gasteiger partial charge in [-0.05, 0) is 35.9 Å². The van der Waals surface area contributed by atoms with Crippen LogP contribution in [0.15, 0.2) is 48.5 Å². The van der Waals surface area contributed by atoms with Gasteiger partial charge in [0.05, 0.1) is 11.0 Å². The summed E-state index contributed by atoms with van der Waals surface area (Å²) in [5.41, 5.74) is 3.08. The van der Waals surface area contributed by atoms with Crippen molar-refractivity contribution in [2.45, 2.75) is 0 Å². The first kappa shape index (κ1) is 11.1. The Morgan fingerprint density at radius 3 is 2.72 bits per heavy atom. The molecule has 3 aromatic rings.